The van der Waals surface area contributed by atoms with Crippen LogP contribution in [0.15, 0.2) is 12.7 Å². The van der Waals surface area contributed by atoms with Crippen LogP contribution in [-0.2, 0) is 4.79 Å². The Kier molecular flexibility index (Phi) is 3.45. The fourth-order valence-electron chi connectivity index (χ4n) is 1.60. The Morgan fingerprint density at radius 3 is 3.08 bits per heavy atom. The number of carbonyl (C=O) groups excluding carboxylic acids is 1. The van der Waals surface area contributed by atoms with Crippen molar-refractivity contribution in [1.29, 1.82) is 0 Å². The summed E-state index contributed by atoms with van der Waals surface area (Å²) >= 11 is 0. The quantitative estimate of drug-likeness (QED) is 0.573. The Hall–Kier alpha value is -0.870. The molecule has 4 nitrogen and oxygen atoms in total. The van der Waals surface area contributed by atoms with E-state index in [0.29, 0.717) is 6.54 Å². The molecule has 0 aromatic heterocycles. The van der Waals surface area contributed by atoms with E-state index in [1.54, 1.807) is 6.08 Å². The SMILES string of the molecule is C=CCN1CC(C)NC(=O)C1CO. The minimum atomic E-state index is -0.408. The number of hydrogen-bond donors (Lipinski definition) is 2. The van der Waals surface area contributed by atoms with Crippen LogP contribution in [0.1, 0.15) is 6.92 Å². The third-order valence-corrected chi connectivity index (χ3v) is 2.18. The summed E-state index contributed by atoms with van der Waals surface area (Å²) in [6, 6.07) is -0.260. The van der Waals surface area contributed by atoms with E-state index in [2.05, 4.69) is 11.9 Å². The van der Waals surface area contributed by atoms with E-state index >= 15 is 0 Å². The first-order valence-electron chi connectivity index (χ1n) is 4.45. The van der Waals surface area contributed by atoms with E-state index in [1.165, 1.54) is 0 Å². The van der Waals surface area contributed by atoms with Crippen molar-refractivity contribution in [3.63, 3.8) is 0 Å². The number of aliphatic hydroxyl groups excluding tert-OH is 1. The molecule has 1 fully saturated rings. The van der Waals surface area contributed by atoms with Gasteiger partial charge in [-0.1, -0.05) is 6.08 Å². The molecule has 1 amide bonds. The highest BCUT2D eigenvalue weighted by Gasteiger charge is 2.31. The highest BCUT2D eigenvalue weighted by molar-refractivity contribution is 5.83. The maximum absolute atomic E-state index is 11.4. The van der Waals surface area contributed by atoms with E-state index in [0.717, 1.165) is 6.54 Å². The summed E-state index contributed by atoms with van der Waals surface area (Å²) in [5.74, 6) is -0.0944. The Morgan fingerprint density at radius 1 is 1.85 bits per heavy atom. The highest BCUT2D eigenvalue weighted by atomic mass is 16.3. The molecule has 0 aromatic carbocycles. The molecule has 1 saturated heterocycles. The van der Waals surface area contributed by atoms with Crippen LogP contribution in [-0.4, -0.2) is 47.7 Å². The lowest BCUT2D eigenvalue weighted by Gasteiger charge is -2.36. The molecule has 4 heteroatoms. The van der Waals surface area contributed by atoms with Crippen LogP contribution >= 0.6 is 0 Å². The monoisotopic (exact) mass is 184 g/mol. The van der Waals surface area contributed by atoms with E-state index in [4.69, 9.17) is 5.11 Å². The molecule has 74 valence electrons. The zero-order valence-electron chi connectivity index (χ0n) is 7.86. The first kappa shape index (κ1) is 10.2. The highest BCUT2D eigenvalue weighted by Crippen LogP contribution is 2.07. The molecule has 0 bridgehead atoms. The minimum absolute atomic E-state index is 0.0944. The largest absolute Gasteiger partial charge is 0.394 e. The number of hydrogen-bond acceptors (Lipinski definition) is 3. The molecule has 1 heterocycles. The first-order chi connectivity index (χ1) is 6.19. The van der Waals surface area contributed by atoms with E-state index in [-0.39, 0.29) is 18.6 Å². The molecule has 0 aliphatic carbocycles. The van der Waals surface area contributed by atoms with Crippen molar-refractivity contribution >= 4 is 5.91 Å². The Labute approximate surface area is 78.2 Å². The van der Waals surface area contributed by atoms with Gasteiger partial charge in [0.2, 0.25) is 5.91 Å². The summed E-state index contributed by atoms with van der Waals surface area (Å²) in [4.78, 5) is 13.3. The molecule has 13 heavy (non-hydrogen) atoms. The van der Waals surface area contributed by atoms with Crippen molar-refractivity contribution in [2.45, 2.75) is 19.0 Å². The van der Waals surface area contributed by atoms with Crippen molar-refractivity contribution in [2.75, 3.05) is 19.7 Å². The molecular formula is C9H16N2O2. The number of aliphatic hydroxyl groups is 1. The molecular weight excluding hydrogens is 168 g/mol. The normalized spacial score (nSPS) is 29.8. The second kappa shape index (κ2) is 4.39. The minimum Gasteiger partial charge on any atom is -0.394 e. The van der Waals surface area contributed by atoms with Crippen LogP contribution < -0.4 is 5.32 Å². The van der Waals surface area contributed by atoms with Crippen molar-refractivity contribution in [1.82, 2.24) is 10.2 Å². The summed E-state index contributed by atoms with van der Waals surface area (Å²) in [6.45, 7) is 6.84. The molecule has 0 aromatic rings. The van der Waals surface area contributed by atoms with Crippen molar-refractivity contribution < 1.29 is 9.90 Å². The van der Waals surface area contributed by atoms with E-state index in [9.17, 15) is 4.79 Å². The molecule has 0 saturated carbocycles. The van der Waals surface area contributed by atoms with Gasteiger partial charge in [-0.2, -0.15) is 0 Å². The molecule has 0 spiro atoms. The van der Waals surface area contributed by atoms with Gasteiger partial charge in [0.25, 0.3) is 0 Å². The third-order valence-electron chi connectivity index (χ3n) is 2.18. The molecule has 2 N–H and O–H groups in total. The molecule has 1 aliphatic rings. The second-order valence-corrected chi connectivity index (χ2v) is 3.35. The van der Waals surface area contributed by atoms with Gasteiger partial charge >= 0.3 is 0 Å². The van der Waals surface area contributed by atoms with Crippen molar-refractivity contribution in [3.05, 3.63) is 12.7 Å². The zero-order chi connectivity index (χ0) is 9.84. The van der Waals surface area contributed by atoms with E-state index < -0.39 is 6.04 Å². The predicted octanol–water partition coefficient (Wildman–Crippen LogP) is -0.646. The Balaban J connectivity index is 2.65. The van der Waals surface area contributed by atoms with Gasteiger partial charge in [0.15, 0.2) is 0 Å². The fourth-order valence-corrected chi connectivity index (χ4v) is 1.60. The Bertz CT molecular complexity index is 206. The predicted molar refractivity (Wildman–Crippen MR) is 50.2 cm³/mol. The van der Waals surface area contributed by atoms with Gasteiger partial charge < -0.3 is 10.4 Å². The van der Waals surface area contributed by atoms with Gasteiger partial charge in [-0.15, -0.1) is 6.58 Å². The smallest absolute Gasteiger partial charge is 0.240 e. The van der Waals surface area contributed by atoms with Crippen LogP contribution in [0.2, 0.25) is 0 Å². The van der Waals surface area contributed by atoms with Crippen LogP contribution in [0.3, 0.4) is 0 Å². The average molecular weight is 184 g/mol. The lowest BCUT2D eigenvalue weighted by molar-refractivity contribution is -0.131. The first-order valence-corrected chi connectivity index (χ1v) is 4.45. The maximum Gasteiger partial charge on any atom is 0.240 e. The van der Waals surface area contributed by atoms with Crippen LogP contribution in [0.25, 0.3) is 0 Å². The molecule has 2 unspecified atom stereocenters. The van der Waals surface area contributed by atoms with Crippen LogP contribution in [0.4, 0.5) is 0 Å². The number of piperazine rings is 1. The van der Waals surface area contributed by atoms with Crippen molar-refractivity contribution in [2.24, 2.45) is 0 Å². The van der Waals surface area contributed by atoms with Crippen LogP contribution in [0, 0.1) is 0 Å². The average Bonchev–Trinajstić information content (AvgIpc) is 2.04. The van der Waals surface area contributed by atoms with E-state index in [1.807, 2.05) is 11.8 Å². The molecule has 2 atom stereocenters. The Morgan fingerprint density at radius 2 is 2.54 bits per heavy atom. The topological polar surface area (TPSA) is 52.6 Å². The van der Waals surface area contributed by atoms with Gasteiger partial charge in [-0.25, -0.2) is 0 Å². The number of nitrogens with one attached hydrogen (secondary N) is 1. The third kappa shape index (κ3) is 2.29. The molecule has 0 radical (unpaired) electrons. The fraction of sp³-hybridized carbons (Fsp3) is 0.667. The summed E-state index contributed by atoms with van der Waals surface area (Å²) in [7, 11) is 0. The van der Waals surface area contributed by atoms with Gasteiger partial charge in [-0.05, 0) is 6.92 Å². The summed E-state index contributed by atoms with van der Waals surface area (Å²) < 4.78 is 0. The number of rotatable bonds is 3. The van der Waals surface area contributed by atoms with Gasteiger partial charge in [0.05, 0.1) is 6.61 Å². The van der Waals surface area contributed by atoms with Gasteiger partial charge in [0.1, 0.15) is 6.04 Å². The maximum atomic E-state index is 11.4. The molecule has 1 aliphatic heterocycles. The summed E-state index contributed by atoms with van der Waals surface area (Å²) in [5.41, 5.74) is 0. The molecule has 1 rings (SSSR count). The standard InChI is InChI=1S/C9H16N2O2/c1-3-4-11-5-7(2)10-9(13)8(11)6-12/h3,7-8,12H,1,4-6H2,2H3,(H,10,13). The van der Waals surface area contributed by atoms with Crippen LogP contribution in [0.5, 0.6) is 0 Å². The number of amides is 1. The number of carbonyl (C=O) groups is 1. The van der Waals surface area contributed by atoms with Gasteiger partial charge in [0, 0.05) is 19.1 Å². The van der Waals surface area contributed by atoms with Crippen molar-refractivity contribution in [3.8, 4) is 0 Å². The number of nitrogens with zero attached hydrogens (tertiary/aromatic N) is 1. The summed E-state index contributed by atoms with van der Waals surface area (Å²) in [6.07, 6.45) is 1.74. The lowest BCUT2D eigenvalue weighted by atomic mass is 10.1. The van der Waals surface area contributed by atoms with Gasteiger partial charge in [-0.3, -0.25) is 9.69 Å². The lowest BCUT2D eigenvalue weighted by Crippen LogP contribution is -2.60. The summed E-state index contributed by atoms with van der Waals surface area (Å²) in [5, 5.41) is 11.8. The zero-order valence-corrected chi connectivity index (χ0v) is 7.86. The second-order valence-electron chi connectivity index (χ2n) is 3.35.